The Morgan fingerprint density at radius 3 is 2.45 bits per heavy atom. The molecule has 40 heavy (non-hydrogen) atoms. The van der Waals surface area contributed by atoms with Crippen LogP contribution in [0, 0.1) is 24.0 Å². The number of imidazole rings is 1. The maximum Gasteiger partial charge on any atom is 0.229 e. The summed E-state index contributed by atoms with van der Waals surface area (Å²) in [4.78, 5) is 20.0. The number of likely N-dealkylation sites (tertiary alicyclic amines) is 1. The summed E-state index contributed by atoms with van der Waals surface area (Å²) in [5.41, 5.74) is 2.84. The van der Waals surface area contributed by atoms with Crippen LogP contribution in [0.5, 0.6) is 0 Å². The topological polar surface area (TPSA) is 83.8 Å². The van der Waals surface area contributed by atoms with Crippen LogP contribution in [0.4, 0.5) is 20.5 Å². The highest BCUT2D eigenvalue weighted by atomic mass is 19.1. The quantitative estimate of drug-likeness (QED) is 0.310. The Morgan fingerprint density at radius 2 is 1.77 bits per heavy atom. The number of pyridine rings is 1. The van der Waals surface area contributed by atoms with E-state index in [0.717, 1.165) is 37.9 Å². The van der Waals surface area contributed by atoms with Gasteiger partial charge in [0.25, 0.3) is 0 Å². The molecule has 0 amide bonds. The van der Waals surface area contributed by atoms with Gasteiger partial charge in [-0.05, 0) is 95.8 Å². The van der Waals surface area contributed by atoms with Crippen LogP contribution in [0.3, 0.4) is 0 Å². The highest BCUT2D eigenvalue weighted by molar-refractivity contribution is 5.83. The number of aryl methyl sites for hydroxylation is 1. The molecule has 3 aromatic heterocycles. The predicted octanol–water partition coefficient (Wildman–Crippen LogP) is 5.94. The fraction of sp³-hybridized carbons (Fsp3) is 0.467. The van der Waals surface area contributed by atoms with Gasteiger partial charge in [0.15, 0.2) is 11.6 Å². The molecule has 0 unspecified atom stereocenters. The molecule has 1 aromatic carbocycles. The van der Waals surface area contributed by atoms with E-state index in [2.05, 4.69) is 48.5 Å². The summed E-state index contributed by atoms with van der Waals surface area (Å²) in [6, 6.07) is 7.29. The van der Waals surface area contributed by atoms with Crippen molar-refractivity contribution in [3.8, 4) is 11.3 Å². The minimum atomic E-state index is -0.634. The van der Waals surface area contributed by atoms with Crippen LogP contribution < -0.4 is 10.6 Å². The highest BCUT2D eigenvalue weighted by Crippen LogP contribution is 2.39. The maximum absolute atomic E-state index is 15.0. The monoisotopic (exact) mass is 546 g/mol. The van der Waals surface area contributed by atoms with E-state index in [1.807, 2.05) is 37.6 Å². The molecule has 6 rings (SSSR count). The first kappa shape index (κ1) is 26.7. The summed E-state index contributed by atoms with van der Waals surface area (Å²) < 4.78 is 31.8. The Morgan fingerprint density at radius 1 is 0.975 bits per heavy atom. The SMILES string of the molecule is Cc1nc2c(F)cc(-c3nc(Nc4ccc([C@H](C)N5CCC6(CCNC6)CC5)cn4)ncc3F)cc2n1C(C)C. The first-order valence-corrected chi connectivity index (χ1v) is 14.1. The smallest absolute Gasteiger partial charge is 0.229 e. The third-order valence-corrected chi connectivity index (χ3v) is 8.71. The molecule has 2 N–H and O–H groups in total. The Kier molecular flexibility index (Phi) is 7.00. The van der Waals surface area contributed by atoms with E-state index < -0.39 is 11.6 Å². The van der Waals surface area contributed by atoms with Crippen LogP contribution >= 0.6 is 0 Å². The van der Waals surface area contributed by atoms with Gasteiger partial charge in [-0.2, -0.15) is 0 Å². The second kappa shape index (κ2) is 10.5. The summed E-state index contributed by atoms with van der Waals surface area (Å²) in [5, 5.41) is 6.60. The van der Waals surface area contributed by atoms with Crippen molar-refractivity contribution in [2.24, 2.45) is 5.41 Å². The highest BCUT2D eigenvalue weighted by Gasteiger charge is 2.38. The summed E-state index contributed by atoms with van der Waals surface area (Å²) in [6.07, 6.45) is 6.72. The fourth-order valence-electron chi connectivity index (χ4n) is 6.35. The van der Waals surface area contributed by atoms with Crippen molar-refractivity contribution >= 4 is 22.8 Å². The molecule has 1 spiro atoms. The summed E-state index contributed by atoms with van der Waals surface area (Å²) in [5.74, 6) is 0.289. The van der Waals surface area contributed by atoms with Gasteiger partial charge in [0.1, 0.15) is 22.9 Å². The molecule has 2 aliphatic heterocycles. The molecule has 0 radical (unpaired) electrons. The van der Waals surface area contributed by atoms with Crippen LogP contribution in [0.15, 0.2) is 36.7 Å². The minimum absolute atomic E-state index is 0.0121. The van der Waals surface area contributed by atoms with Crippen molar-refractivity contribution in [2.75, 3.05) is 31.5 Å². The zero-order valence-corrected chi connectivity index (χ0v) is 23.5. The Balaban J connectivity index is 1.19. The second-order valence-corrected chi connectivity index (χ2v) is 11.6. The molecular weight excluding hydrogens is 510 g/mol. The lowest BCUT2D eigenvalue weighted by atomic mass is 9.77. The number of fused-ring (bicyclic) bond motifs is 1. The van der Waals surface area contributed by atoms with Gasteiger partial charge in [0, 0.05) is 30.4 Å². The number of aromatic nitrogens is 5. The number of anilines is 2. The molecule has 2 aliphatic rings. The number of hydrogen-bond acceptors (Lipinski definition) is 7. The summed E-state index contributed by atoms with van der Waals surface area (Å²) >= 11 is 0. The number of piperidine rings is 1. The van der Waals surface area contributed by atoms with Crippen LogP contribution in [0.1, 0.15) is 63.5 Å². The lowest BCUT2D eigenvalue weighted by Gasteiger charge is -2.41. The average molecular weight is 547 g/mol. The van der Waals surface area contributed by atoms with E-state index >= 15 is 4.39 Å². The Bertz CT molecular complexity index is 1520. The van der Waals surface area contributed by atoms with Gasteiger partial charge < -0.3 is 15.2 Å². The van der Waals surface area contributed by atoms with Gasteiger partial charge in [-0.15, -0.1) is 0 Å². The molecule has 210 valence electrons. The van der Waals surface area contributed by atoms with Crippen molar-refractivity contribution in [1.29, 1.82) is 0 Å². The maximum atomic E-state index is 15.0. The predicted molar refractivity (Wildman–Crippen MR) is 152 cm³/mol. The zero-order chi connectivity index (χ0) is 28.0. The minimum Gasteiger partial charge on any atom is -0.326 e. The van der Waals surface area contributed by atoms with E-state index in [-0.39, 0.29) is 29.2 Å². The molecule has 2 saturated heterocycles. The van der Waals surface area contributed by atoms with Crippen molar-refractivity contribution in [3.63, 3.8) is 0 Å². The van der Waals surface area contributed by atoms with Crippen molar-refractivity contribution in [3.05, 3.63) is 59.7 Å². The molecule has 8 nitrogen and oxygen atoms in total. The van der Waals surface area contributed by atoms with Crippen molar-refractivity contribution in [1.82, 2.24) is 34.7 Å². The normalized spacial score (nSPS) is 18.2. The number of rotatable bonds is 6. The average Bonchev–Trinajstić information content (AvgIpc) is 3.54. The largest absolute Gasteiger partial charge is 0.326 e. The van der Waals surface area contributed by atoms with Gasteiger partial charge in [0.05, 0.1) is 11.7 Å². The molecule has 1 atom stereocenters. The molecule has 5 heterocycles. The number of nitrogens with zero attached hydrogens (tertiary/aromatic N) is 6. The molecular formula is C30H36F2N8. The summed E-state index contributed by atoms with van der Waals surface area (Å²) in [7, 11) is 0. The fourth-order valence-corrected chi connectivity index (χ4v) is 6.35. The van der Waals surface area contributed by atoms with Crippen LogP contribution in [-0.4, -0.2) is 55.6 Å². The Hall–Kier alpha value is -3.50. The lowest BCUT2D eigenvalue weighted by Crippen LogP contribution is -2.42. The number of nitrogens with one attached hydrogen (secondary N) is 2. The van der Waals surface area contributed by atoms with Crippen molar-refractivity contribution in [2.45, 2.75) is 59.0 Å². The standard InChI is InChI=1S/C30H36F2N8/c1-18(2)40-20(4)36-28-23(31)13-22(14-25(28)40)27-24(32)16-35-29(38-27)37-26-6-5-21(15-34-26)19(3)39-11-8-30(9-12-39)7-10-33-17-30/h5-6,13-16,18-19,33H,7-12,17H2,1-4H3,(H,34,35,37,38)/t19-/m0/s1. The van der Waals surface area contributed by atoms with E-state index in [1.165, 1.54) is 25.3 Å². The molecule has 0 saturated carbocycles. The number of hydrogen-bond donors (Lipinski definition) is 2. The zero-order valence-electron chi connectivity index (χ0n) is 23.5. The molecule has 4 aromatic rings. The van der Waals surface area contributed by atoms with Gasteiger partial charge >= 0.3 is 0 Å². The molecule has 10 heteroatoms. The summed E-state index contributed by atoms with van der Waals surface area (Å²) in [6.45, 7) is 12.5. The van der Waals surface area contributed by atoms with Gasteiger partial charge in [0.2, 0.25) is 5.95 Å². The van der Waals surface area contributed by atoms with Crippen LogP contribution in [-0.2, 0) is 0 Å². The van der Waals surface area contributed by atoms with E-state index in [9.17, 15) is 4.39 Å². The van der Waals surface area contributed by atoms with Gasteiger partial charge in [-0.1, -0.05) is 6.07 Å². The third-order valence-electron chi connectivity index (χ3n) is 8.71. The van der Waals surface area contributed by atoms with E-state index in [4.69, 9.17) is 0 Å². The lowest BCUT2D eigenvalue weighted by molar-refractivity contribution is 0.0896. The van der Waals surface area contributed by atoms with Crippen molar-refractivity contribution < 1.29 is 8.78 Å². The molecule has 0 aliphatic carbocycles. The van der Waals surface area contributed by atoms with E-state index in [1.54, 1.807) is 6.07 Å². The Labute approximate surface area is 233 Å². The first-order chi connectivity index (χ1) is 19.2. The number of benzene rings is 1. The third kappa shape index (κ3) is 4.94. The molecule has 0 bridgehead atoms. The second-order valence-electron chi connectivity index (χ2n) is 11.6. The molecule has 2 fully saturated rings. The van der Waals surface area contributed by atoms with Gasteiger partial charge in [-0.3, -0.25) is 4.90 Å². The van der Waals surface area contributed by atoms with Crippen LogP contribution in [0.2, 0.25) is 0 Å². The van der Waals surface area contributed by atoms with E-state index in [0.29, 0.717) is 28.1 Å². The first-order valence-electron chi connectivity index (χ1n) is 14.1. The number of halogens is 2. The van der Waals surface area contributed by atoms with Crippen LogP contribution in [0.25, 0.3) is 22.3 Å². The van der Waals surface area contributed by atoms with Gasteiger partial charge in [-0.25, -0.2) is 28.7 Å².